The van der Waals surface area contributed by atoms with Gasteiger partial charge in [0, 0.05) is 7.37 Å². The van der Waals surface area contributed by atoms with Gasteiger partial charge in [-0.15, -0.1) is 0 Å². The van der Waals surface area contributed by atoms with Gasteiger partial charge >= 0.3 is 0 Å². The SMILES string of the molecule is CCCCC(CC)CP(=O)([O-])CC(CC)CCCC.CCCCCCCC[N+](C)(CCCCCCCC)CCCCCCCC. The molecule has 0 rings (SSSR count). The highest BCUT2D eigenvalue weighted by Crippen LogP contribution is 2.43. The Morgan fingerprint density at radius 1 is 0.444 bits per heavy atom. The van der Waals surface area contributed by atoms with Crippen molar-refractivity contribution in [1.29, 1.82) is 0 Å². The first kappa shape index (κ1) is 47.3. The van der Waals surface area contributed by atoms with Crippen LogP contribution in [0.3, 0.4) is 0 Å². The highest BCUT2D eigenvalue weighted by atomic mass is 31.2. The molecule has 2 unspecified atom stereocenters. The maximum atomic E-state index is 12.3. The maximum absolute atomic E-state index is 12.3. The van der Waals surface area contributed by atoms with Gasteiger partial charge < -0.3 is 13.9 Å². The van der Waals surface area contributed by atoms with E-state index in [0.29, 0.717) is 24.2 Å². The Kier molecular flexibility index (Phi) is 35.7. The van der Waals surface area contributed by atoms with Gasteiger partial charge in [0.2, 0.25) is 0 Å². The molecule has 2 atom stereocenters. The number of hydrogen-bond donors (Lipinski definition) is 0. The molecule has 0 radical (unpaired) electrons. The van der Waals surface area contributed by atoms with E-state index in [0.717, 1.165) is 51.4 Å². The summed E-state index contributed by atoms with van der Waals surface area (Å²) < 4.78 is 13.7. The monoisotopic (exact) mass is 658 g/mol. The fraction of sp³-hybridized carbons (Fsp3) is 1.00. The predicted molar refractivity (Wildman–Crippen MR) is 205 cm³/mol. The average Bonchev–Trinajstić information content (AvgIpc) is 3.02. The Bertz CT molecular complexity index is 562. The molecule has 0 aromatic heterocycles. The maximum Gasteiger partial charge on any atom is 0.0784 e. The standard InChI is InChI=1S/C25H54N.C16H35O2P/c1-5-8-11-14-17-20-23-26(4,24-21-18-15-12-9-6-2)25-22-19-16-13-10-7-3;1-5-9-11-15(7-3)13-19(17,18)14-16(8-4)12-10-6-2/h5-25H2,1-4H3;15-16H,5-14H2,1-4H3,(H,17,18)/q+1;/p-1. The summed E-state index contributed by atoms with van der Waals surface area (Å²) in [4.78, 5) is 12.3. The zero-order chi connectivity index (χ0) is 34.1. The molecule has 0 N–H and O–H groups in total. The Morgan fingerprint density at radius 3 is 0.978 bits per heavy atom. The third kappa shape index (κ3) is 32.5. The van der Waals surface area contributed by atoms with Crippen molar-refractivity contribution in [2.24, 2.45) is 11.8 Å². The Labute approximate surface area is 286 Å². The minimum Gasteiger partial charge on any atom is -0.799 e. The van der Waals surface area contributed by atoms with E-state index in [4.69, 9.17) is 0 Å². The van der Waals surface area contributed by atoms with Gasteiger partial charge in [-0.25, -0.2) is 0 Å². The van der Waals surface area contributed by atoms with Crippen LogP contribution in [-0.2, 0) is 4.57 Å². The number of rotatable bonds is 33. The van der Waals surface area contributed by atoms with Crippen LogP contribution in [0.15, 0.2) is 0 Å². The van der Waals surface area contributed by atoms with E-state index in [1.807, 2.05) is 0 Å². The summed E-state index contributed by atoms with van der Waals surface area (Å²) in [5.74, 6) is 0.763. The van der Waals surface area contributed by atoms with E-state index >= 15 is 0 Å². The Balaban J connectivity index is 0. The molecule has 0 aliphatic carbocycles. The minimum absolute atomic E-state index is 0.381. The quantitative estimate of drug-likeness (QED) is 0.0400. The molecular formula is C41H88NO2P. The number of unbranched alkanes of at least 4 members (excludes halogenated alkanes) is 17. The molecule has 4 heteroatoms. The van der Waals surface area contributed by atoms with Crippen molar-refractivity contribution in [3.63, 3.8) is 0 Å². The summed E-state index contributed by atoms with van der Waals surface area (Å²) in [7, 11) is -0.609. The van der Waals surface area contributed by atoms with Crippen molar-refractivity contribution in [3.8, 4) is 0 Å². The first-order valence-electron chi connectivity index (χ1n) is 20.8. The summed E-state index contributed by atoms with van der Waals surface area (Å²) >= 11 is 0. The molecule has 0 amide bonds. The largest absolute Gasteiger partial charge is 0.799 e. The summed E-state index contributed by atoms with van der Waals surface area (Å²) in [6.45, 7) is 19.8. The van der Waals surface area contributed by atoms with Crippen LogP contribution in [0.25, 0.3) is 0 Å². The molecule has 0 saturated carbocycles. The van der Waals surface area contributed by atoms with Gasteiger partial charge in [-0.1, -0.05) is 177 Å². The lowest BCUT2D eigenvalue weighted by atomic mass is 10.0. The molecule has 0 heterocycles. The van der Waals surface area contributed by atoms with E-state index in [9.17, 15) is 9.46 Å². The van der Waals surface area contributed by atoms with Crippen LogP contribution in [0.5, 0.6) is 0 Å². The smallest absolute Gasteiger partial charge is 0.0784 e. The lowest BCUT2D eigenvalue weighted by Crippen LogP contribution is -2.46. The molecule has 0 spiro atoms. The van der Waals surface area contributed by atoms with Gasteiger partial charge in [0.1, 0.15) is 0 Å². The van der Waals surface area contributed by atoms with Gasteiger partial charge in [0.15, 0.2) is 0 Å². The van der Waals surface area contributed by atoms with Crippen LogP contribution in [0.4, 0.5) is 0 Å². The van der Waals surface area contributed by atoms with Crippen LogP contribution >= 0.6 is 7.37 Å². The summed E-state index contributed by atoms with van der Waals surface area (Å²) in [6, 6.07) is 0. The molecule has 0 bridgehead atoms. The van der Waals surface area contributed by atoms with Crippen molar-refractivity contribution in [2.45, 2.75) is 215 Å². The van der Waals surface area contributed by atoms with E-state index in [2.05, 4.69) is 55.5 Å². The fourth-order valence-corrected chi connectivity index (χ4v) is 9.46. The number of nitrogens with zero attached hydrogens (tertiary/aromatic N) is 1. The van der Waals surface area contributed by atoms with Gasteiger partial charge in [0.25, 0.3) is 0 Å². The highest BCUT2D eigenvalue weighted by Gasteiger charge is 2.21. The molecule has 45 heavy (non-hydrogen) atoms. The van der Waals surface area contributed by atoms with E-state index in [-0.39, 0.29) is 0 Å². The summed E-state index contributed by atoms with van der Waals surface area (Å²) in [5.41, 5.74) is 0. The molecular weight excluding hydrogens is 569 g/mol. The zero-order valence-corrected chi connectivity index (χ0v) is 33.7. The van der Waals surface area contributed by atoms with E-state index in [1.165, 1.54) is 140 Å². The second-order valence-corrected chi connectivity index (χ2v) is 17.5. The van der Waals surface area contributed by atoms with Crippen LogP contribution in [0.1, 0.15) is 215 Å². The van der Waals surface area contributed by atoms with Crippen LogP contribution in [-0.4, -0.2) is 43.5 Å². The lowest BCUT2D eigenvalue weighted by Gasteiger charge is -2.35. The van der Waals surface area contributed by atoms with Gasteiger partial charge in [0.05, 0.1) is 26.7 Å². The molecule has 0 aromatic carbocycles. The molecule has 0 aromatic rings. The topological polar surface area (TPSA) is 40.1 Å². The van der Waals surface area contributed by atoms with Crippen LogP contribution in [0.2, 0.25) is 0 Å². The van der Waals surface area contributed by atoms with Gasteiger partial charge in [-0.2, -0.15) is 0 Å². The molecule has 274 valence electrons. The normalized spacial score (nSPS) is 14.5. The lowest BCUT2D eigenvalue weighted by molar-refractivity contribution is -0.910. The second-order valence-electron chi connectivity index (χ2n) is 15.1. The van der Waals surface area contributed by atoms with Crippen LogP contribution < -0.4 is 4.89 Å². The number of quaternary nitrogens is 1. The molecule has 0 aliphatic heterocycles. The first-order valence-corrected chi connectivity index (χ1v) is 22.8. The van der Waals surface area contributed by atoms with Crippen LogP contribution in [0, 0.1) is 11.8 Å². The predicted octanol–water partition coefficient (Wildman–Crippen LogP) is 13.6. The second kappa shape index (κ2) is 34.0. The molecule has 0 saturated heterocycles. The van der Waals surface area contributed by atoms with Crippen molar-refractivity contribution >= 4 is 7.37 Å². The number of hydrogen-bond acceptors (Lipinski definition) is 2. The summed E-state index contributed by atoms with van der Waals surface area (Å²) in [5, 5.41) is 0. The van der Waals surface area contributed by atoms with Crippen molar-refractivity contribution in [1.82, 2.24) is 0 Å². The van der Waals surface area contributed by atoms with Crippen molar-refractivity contribution < 1.29 is 13.9 Å². The molecule has 3 nitrogen and oxygen atoms in total. The summed E-state index contributed by atoms with van der Waals surface area (Å²) in [6.07, 6.45) is 35.5. The third-order valence-corrected chi connectivity index (χ3v) is 12.5. The third-order valence-electron chi connectivity index (χ3n) is 10.3. The van der Waals surface area contributed by atoms with E-state index in [1.54, 1.807) is 0 Å². The van der Waals surface area contributed by atoms with Crippen molar-refractivity contribution in [2.75, 3.05) is 39.0 Å². The fourth-order valence-electron chi connectivity index (χ4n) is 6.85. The molecule has 0 aliphatic rings. The highest BCUT2D eigenvalue weighted by molar-refractivity contribution is 7.56. The van der Waals surface area contributed by atoms with Crippen molar-refractivity contribution in [3.05, 3.63) is 0 Å². The minimum atomic E-state index is -3.17. The van der Waals surface area contributed by atoms with Gasteiger partial charge in [-0.05, 0) is 62.7 Å². The first-order chi connectivity index (χ1) is 21.7. The Morgan fingerprint density at radius 2 is 0.711 bits per heavy atom. The Hall–Kier alpha value is 0.150. The van der Waals surface area contributed by atoms with Gasteiger partial charge in [-0.3, -0.25) is 0 Å². The average molecular weight is 658 g/mol. The van der Waals surface area contributed by atoms with E-state index < -0.39 is 7.37 Å². The molecule has 0 fully saturated rings. The zero-order valence-electron chi connectivity index (χ0n) is 32.8.